The van der Waals surface area contributed by atoms with Crippen LogP contribution < -0.4 is 5.73 Å². The summed E-state index contributed by atoms with van der Waals surface area (Å²) in [4.78, 5) is 4.04. The van der Waals surface area contributed by atoms with E-state index in [4.69, 9.17) is 17.3 Å². The fourth-order valence-electron chi connectivity index (χ4n) is 2.88. The minimum atomic E-state index is -0.854. The lowest BCUT2D eigenvalue weighted by Gasteiger charge is -2.38. The van der Waals surface area contributed by atoms with Gasteiger partial charge in [-0.15, -0.1) is 0 Å². The van der Waals surface area contributed by atoms with Crippen molar-refractivity contribution in [3.8, 4) is 0 Å². The summed E-state index contributed by atoms with van der Waals surface area (Å²) in [6, 6.07) is 1.75. The number of nitrogen functional groups attached to an aromatic ring is 1. The molecule has 1 fully saturated rings. The van der Waals surface area contributed by atoms with Crippen LogP contribution in [0, 0.1) is 11.8 Å². The van der Waals surface area contributed by atoms with Gasteiger partial charge in [0.15, 0.2) is 0 Å². The van der Waals surface area contributed by atoms with E-state index >= 15 is 0 Å². The van der Waals surface area contributed by atoms with Crippen molar-refractivity contribution in [3.05, 3.63) is 22.8 Å². The van der Waals surface area contributed by atoms with Gasteiger partial charge < -0.3 is 10.8 Å². The smallest absolute Gasteiger partial charge is 0.129 e. The molecular weight excluding hydrogens is 248 g/mol. The van der Waals surface area contributed by atoms with E-state index in [-0.39, 0.29) is 0 Å². The predicted molar refractivity (Wildman–Crippen MR) is 74.4 cm³/mol. The Kier molecular flexibility index (Phi) is 3.83. The Morgan fingerprint density at radius 1 is 1.44 bits per heavy atom. The summed E-state index contributed by atoms with van der Waals surface area (Å²) in [7, 11) is 0. The van der Waals surface area contributed by atoms with Gasteiger partial charge in [0.2, 0.25) is 0 Å². The highest BCUT2D eigenvalue weighted by Gasteiger charge is 2.37. The number of aliphatic hydroxyl groups is 1. The van der Waals surface area contributed by atoms with Crippen molar-refractivity contribution in [1.82, 2.24) is 4.98 Å². The Morgan fingerprint density at radius 3 is 2.61 bits per heavy atom. The highest BCUT2D eigenvalue weighted by Crippen LogP contribution is 2.43. The minimum absolute atomic E-state index is 0.393. The maximum atomic E-state index is 10.8. The molecule has 0 amide bonds. The highest BCUT2D eigenvalue weighted by molar-refractivity contribution is 6.30. The Balaban J connectivity index is 2.20. The molecule has 0 unspecified atom stereocenters. The maximum Gasteiger partial charge on any atom is 0.129 e. The van der Waals surface area contributed by atoms with Crippen LogP contribution in [0.5, 0.6) is 0 Å². The third-order valence-electron chi connectivity index (χ3n) is 4.19. The van der Waals surface area contributed by atoms with Crippen LogP contribution in [0.15, 0.2) is 12.3 Å². The standard InChI is InChI=1S/C14H21ClN2O/c1-9(2)10-3-5-14(18,6-4-10)12-7-11(15)8-17-13(12)16/h7-10,18H,3-6H2,1-2H3,(H2,16,17). The van der Waals surface area contributed by atoms with Gasteiger partial charge in [-0.05, 0) is 43.6 Å². The minimum Gasteiger partial charge on any atom is -0.385 e. The molecule has 100 valence electrons. The maximum absolute atomic E-state index is 10.8. The van der Waals surface area contributed by atoms with Crippen LogP contribution in [-0.4, -0.2) is 10.1 Å². The fraction of sp³-hybridized carbons (Fsp3) is 0.643. The normalized spacial score (nSPS) is 28.6. The number of hydrogen-bond acceptors (Lipinski definition) is 3. The number of aromatic nitrogens is 1. The van der Waals surface area contributed by atoms with E-state index in [1.165, 1.54) is 6.20 Å². The van der Waals surface area contributed by atoms with E-state index in [2.05, 4.69) is 18.8 Å². The van der Waals surface area contributed by atoms with Crippen LogP contribution in [0.3, 0.4) is 0 Å². The summed E-state index contributed by atoms with van der Waals surface area (Å²) >= 11 is 5.95. The van der Waals surface area contributed by atoms with Crippen molar-refractivity contribution < 1.29 is 5.11 Å². The fourth-order valence-corrected chi connectivity index (χ4v) is 3.03. The van der Waals surface area contributed by atoms with Crippen LogP contribution in [-0.2, 0) is 5.60 Å². The molecule has 3 nitrogen and oxygen atoms in total. The summed E-state index contributed by atoms with van der Waals surface area (Å²) in [5.74, 6) is 1.76. The zero-order valence-electron chi connectivity index (χ0n) is 11.0. The molecule has 4 heteroatoms. The van der Waals surface area contributed by atoms with Crippen LogP contribution in [0.25, 0.3) is 0 Å². The van der Waals surface area contributed by atoms with Crippen LogP contribution in [0.1, 0.15) is 45.1 Å². The van der Waals surface area contributed by atoms with Gasteiger partial charge in [-0.1, -0.05) is 25.4 Å². The topological polar surface area (TPSA) is 59.1 Å². The largest absolute Gasteiger partial charge is 0.385 e. The average molecular weight is 269 g/mol. The first kappa shape index (κ1) is 13.6. The SMILES string of the molecule is CC(C)C1CCC(O)(c2cc(Cl)cnc2N)CC1. The van der Waals surface area contributed by atoms with Gasteiger partial charge in [0.1, 0.15) is 5.82 Å². The summed E-state index contributed by atoms with van der Waals surface area (Å²) in [5.41, 5.74) is 5.71. The van der Waals surface area contributed by atoms with Gasteiger partial charge in [-0.25, -0.2) is 4.98 Å². The summed E-state index contributed by atoms with van der Waals surface area (Å²) < 4.78 is 0. The van der Waals surface area contributed by atoms with Crippen molar-refractivity contribution in [3.63, 3.8) is 0 Å². The summed E-state index contributed by atoms with van der Waals surface area (Å²) in [5, 5.41) is 11.3. The lowest BCUT2D eigenvalue weighted by molar-refractivity contribution is -0.0195. The third kappa shape index (κ3) is 2.62. The molecule has 0 spiro atoms. The van der Waals surface area contributed by atoms with Gasteiger partial charge in [-0.2, -0.15) is 0 Å². The number of halogens is 1. The molecule has 0 radical (unpaired) electrons. The summed E-state index contributed by atoms with van der Waals surface area (Å²) in [6.07, 6.45) is 5.05. The molecule has 18 heavy (non-hydrogen) atoms. The van der Waals surface area contributed by atoms with Gasteiger partial charge in [0.05, 0.1) is 10.6 Å². The van der Waals surface area contributed by atoms with Crippen molar-refractivity contribution in [2.45, 2.75) is 45.1 Å². The molecule has 1 aliphatic rings. The van der Waals surface area contributed by atoms with Gasteiger partial charge in [0.25, 0.3) is 0 Å². The number of rotatable bonds is 2. The molecule has 1 aromatic rings. The van der Waals surface area contributed by atoms with Gasteiger partial charge >= 0.3 is 0 Å². The molecule has 0 aromatic carbocycles. The number of anilines is 1. The van der Waals surface area contributed by atoms with Crippen molar-refractivity contribution in [1.29, 1.82) is 0 Å². The molecule has 2 rings (SSSR count). The van der Waals surface area contributed by atoms with Crippen LogP contribution in [0.4, 0.5) is 5.82 Å². The zero-order valence-corrected chi connectivity index (χ0v) is 11.7. The average Bonchev–Trinajstić information content (AvgIpc) is 2.32. The molecule has 1 aromatic heterocycles. The quantitative estimate of drug-likeness (QED) is 0.865. The second-order valence-electron chi connectivity index (χ2n) is 5.70. The van der Waals surface area contributed by atoms with E-state index < -0.39 is 5.60 Å². The molecule has 1 aliphatic carbocycles. The van der Waals surface area contributed by atoms with Crippen LogP contribution in [0.2, 0.25) is 5.02 Å². The molecular formula is C14H21ClN2O. The monoisotopic (exact) mass is 268 g/mol. The first-order valence-corrected chi connectivity index (χ1v) is 6.94. The first-order chi connectivity index (χ1) is 8.42. The molecule has 0 atom stereocenters. The third-order valence-corrected chi connectivity index (χ3v) is 4.39. The highest BCUT2D eigenvalue weighted by atomic mass is 35.5. The first-order valence-electron chi connectivity index (χ1n) is 6.56. The Hall–Kier alpha value is -0.800. The van der Waals surface area contributed by atoms with Crippen LogP contribution >= 0.6 is 11.6 Å². The van der Waals surface area contributed by atoms with E-state index in [1.54, 1.807) is 6.07 Å². The van der Waals surface area contributed by atoms with Crippen molar-refractivity contribution in [2.75, 3.05) is 5.73 Å². The summed E-state index contributed by atoms with van der Waals surface area (Å²) in [6.45, 7) is 4.48. The second-order valence-corrected chi connectivity index (χ2v) is 6.14. The van der Waals surface area contributed by atoms with Crippen molar-refractivity contribution in [2.24, 2.45) is 11.8 Å². The molecule has 0 aliphatic heterocycles. The van der Waals surface area contributed by atoms with Gasteiger partial charge in [-0.3, -0.25) is 0 Å². The van der Waals surface area contributed by atoms with E-state index in [0.29, 0.717) is 28.2 Å². The lowest BCUT2D eigenvalue weighted by Crippen LogP contribution is -2.33. The zero-order chi connectivity index (χ0) is 13.3. The Labute approximate surface area is 113 Å². The number of hydrogen-bond donors (Lipinski definition) is 2. The molecule has 3 N–H and O–H groups in total. The predicted octanol–water partition coefficient (Wildman–Crippen LogP) is 3.35. The van der Waals surface area contributed by atoms with Gasteiger partial charge in [0, 0.05) is 11.8 Å². The Bertz CT molecular complexity index is 426. The number of pyridine rings is 1. The Morgan fingerprint density at radius 2 is 2.06 bits per heavy atom. The van der Waals surface area contributed by atoms with E-state index in [0.717, 1.165) is 25.7 Å². The number of nitrogens with two attached hydrogens (primary N) is 1. The molecule has 0 saturated heterocycles. The molecule has 0 bridgehead atoms. The molecule has 1 heterocycles. The van der Waals surface area contributed by atoms with E-state index in [9.17, 15) is 5.11 Å². The van der Waals surface area contributed by atoms with Crippen molar-refractivity contribution >= 4 is 17.4 Å². The lowest BCUT2D eigenvalue weighted by atomic mass is 9.72. The molecule has 1 saturated carbocycles. The second kappa shape index (κ2) is 5.06. The number of nitrogens with zero attached hydrogens (tertiary/aromatic N) is 1. The van der Waals surface area contributed by atoms with E-state index in [1.807, 2.05) is 0 Å².